The SMILES string of the molecule is CC(C)(COCc1ccccc1)NC(=O)/C=C/c1ccc(Cl)cc1. The number of hydrogen-bond acceptors (Lipinski definition) is 2. The number of benzene rings is 2. The molecular weight excluding hydrogens is 322 g/mol. The largest absolute Gasteiger partial charge is 0.374 e. The second-order valence-electron chi connectivity index (χ2n) is 6.24. The van der Waals surface area contributed by atoms with Crippen molar-refractivity contribution < 1.29 is 9.53 Å². The first-order valence-corrected chi connectivity index (χ1v) is 8.20. The van der Waals surface area contributed by atoms with E-state index >= 15 is 0 Å². The Balaban J connectivity index is 1.79. The number of nitrogens with one attached hydrogen (secondary N) is 1. The van der Waals surface area contributed by atoms with Gasteiger partial charge in [0.15, 0.2) is 0 Å². The lowest BCUT2D eigenvalue weighted by Gasteiger charge is -2.25. The fraction of sp³-hybridized carbons (Fsp3) is 0.250. The lowest BCUT2D eigenvalue weighted by molar-refractivity contribution is -0.118. The zero-order chi connectivity index (χ0) is 17.4. The second-order valence-corrected chi connectivity index (χ2v) is 6.67. The highest BCUT2D eigenvalue weighted by atomic mass is 35.5. The van der Waals surface area contributed by atoms with Gasteiger partial charge in [-0.1, -0.05) is 54.1 Å². The molecule has 0 aromatic heterocycles. The van der Waals surface area contributed by atoms with E-state index in [4.69, 9.17) is 16.3 Å². The van der Waals surface area contributed by atoms with E-state index in [-0.39, 0.29) is 5.91 Å². The molecule has 2 aromatic carbocycles. The zero-order valence-electron chi connectivity index (χ0n) is 14.0. The van der Waals surface area contributed by atoms with Crippen LogP contribution in [0.2, 0.25) is 5.02 Å². The molecule has 2 rings (SSSR count). The molecule has 0 spiro atoms. The number of rotatable bonds is 7. The summed E-state index contributed by atoms with van der Waals surface area (Å²) in [5, 5.41) is 3.62. The minimum Gasteiger partial charge on any atom is -0.374 e. The minimum atomic E-state index is -0.448. The van der Waals surface area contributed by atoms with Gasteiger partial charge in [0.1, 0.15) is 0 Å². The van der Waals surface area contributed by atoms with Gasteiger partial charge in [0.2, 0.25) is 5.91 Å². The second kappa shape index (κ2) is 8.67. The highest BCUT2D eigenvalue weighted by Gasteiger charge is 2.19. The van der Waals surface area contributed by atoms with Crippen LogP contribution in [0.5, 0.6) is 0 Å². The summed E-state index contributed by atoms with van der Waals surface area (Å²) in [7, 11) is 0. The number of hydrogen-bond donors (Lipinski definition) is 1. The molecule has 0 aliphatic rings. The molecule has 2 aromatic rings. The maximum Gasteiger partial charge on any atom is 0.244 e. The average Bonchev–Trinajstić information content (AvgIpc) is 2.55. The summed E-state index contributed by atoms with van der Waals surface area (Å²) in [5.41, 5.74) is 1.59. The normalized spacial score (nSPS) is 11.6. The van der Waals surface area contributed by atoms with Gasteiger partial charge in [-0.05, 0) is 43.2 Å². The monoisotopic (exact) mass is 343 g/mol. The first-order valence-electron chi connectivity index (χ1n) is 7.82. The fourth-order valence-corrected chi connectivity index (χ4v) is 2.28. The third kappa shape index (κ3) is 6.57. The van der Waals surface area contributed by atoms with Gasteiger partial charge < -0.3 is 10.1 Å². The zero-order valence-corrected chi connectivity index (χ0v) is 14.7. The first kappa shape index (κ1) is 18.2. The number of carbonyl (C=O) groups excluding carboxylic acids is 1. The van der Waals surface area contributed by atoms with Crippen LogP contribution in [0.3, 0.4) is 0 Å². The molecule has 3 nitrogen and oxygen atoms in total. The Morgan fingerprint density at radius 3 is 2.46 bits per heavy atom. The predicted molar refractivity (Wildman–Crippen MR) is 98.8 cm³/mol. The highest BCUT2D eigenvalue weighted by molar-refractivity contribution is 6.30. The molecule has 0 atom stereocenters. The van der Waals surface area contributed by atoms with Crippen molar-refractivity contribution in [2.75, 3.05) is 6.61 Å². The van der Waals surface area contributed by atoms with E-state index in [2.05, 4.69) is 5.32 Å². The first-order chi connectivity index (χ1) is 11.4. The molecule has 1 N–H and O–H groups in total. The molecule has 1 amide bonds. The lowest BCUT2D eigenvalue weighted by atomic mass is 10.1. The van der Waals surface area contributed by atoms with Crippen molar-refractivity contribution in [3.05, 3.63) is 76.8 Å². The van der Waals surface area contributed by atoms with E-state index in [0.29, 0.717) is 18.2 Å². The summed E-state index contributed by atoms with van der Waals surface area (Å²) in [4.78, 5) is 12.1. The molecule has 24 heavy (non-hydrogen) atoms. The number of halogens is 1. The van der Waals surface area contributed by atoms with Crippen molar-refractivity contribution in [1.29, 1.82) is 0 Å². The number of carbonyl (C=O) groups is 1. The summed E-state index contributed by atoms with van der Waals surface area (Å²) >= 11 is 5.84. The molecule has 0 fully saturated rings. The molecule has 0 saturated carbocycles. The Labute approximate surface area is 148 Å². The van der Waals surface area contributed by atoms with Crippen LogP contribution < -0.4 is 5.32 Å². The van der Waals surface area contributed by atoms with Crippen molar-refractivity contribution in [3.8, 4) is 0 Å². The van der Waals surface area contributed by atoms with Gasteiger partial charge in [-0.25, -0.2) is 0 Å². The summed E-state index contributed by atoms with van der Waals surface area (Å²) in [6.07, 6.45) is 3.27. The van der Waals surface area contributed by atoms with Crippen LogP contribution in [0, 0.1) is 0 Å². The van der Waals surface area contributed by atoms with Gasteiger partial charge in [-0.15, -0.1) is 0 Å². The Bertz CT molecular complexity index is 679. The van der Waals surface area contributed by atoms with Gasteiger partial charge in [0.05, 0.1) is 18.8 Å². The van der Waals surface area contributed by atoms with Gasteiger partial charge in [-0.3, -0.25) is 4.79 Å². The van der Waals surface area contributed by atoms with Crippen molar-refractivity contribution in [3.63, 3.8) is 0 Å². The Hall–Kier alpha value is -2.10. The van der Waals surface area contributed by atoms with Gasteiger partial charge in [0, 0.05) is 11.1 Å². The summed E-state index contributed by atoms with van der Waals surface area (Å²) in [5.74, 6) is -0.154. The molecule has 0 heterocycles. The molecule has 0 aliphatic carbocycles. The maximum atomic E-state index is 12.1. The predicted octanol–water partition coefficient (Wildman–Crippen LogP) is 4.46. The van der Waals surface area contributed by atoms with Crippen LogP contribution in [0.4, 0.5) is 0 Å². The maximum absolute atomic E-state index is 12.1. The van der Waals surface area contributed by atoms with Crippen molar-refractivity contribution in [1.82, 2.24) is 5.32 Å². The van der Waals surface area contributed by atoms with E-state index in [9.17, 15) is 4.79 Å². The van der Waals surface area contributed by atoms with Crippen LogP contribution in [0.15, 0.2) is 60.7 Å². The minimum absolute atomic E-state index is 0.154. The average molecular weight is 344 g/mol. The number of amides is 1. The van der Waals surface area contributed by atoms with Gasteiger partial charge in [0.25, 0.3) is 0 Å². The van der Waals surface area contributed by atoms with E-state index in [1.54, 1.807) is 18.2 Å². The molecule has 0 unspecified atom stereocenters. The van der Waals surface area contributed by atoms with Crippen LogP contribution in [0.25, 0.3) is 6.08 Å². The van der Waals surface area contributed by atoms with Gasteiger partial charge >= 0.3 is 0 Å². The third-order valence-electron chi connectivity index (χ3n) is 3.33. The van der Waals surface area contributed by atoms with Crippen molar-refractivity contribution in [2.24, 2.45) is 0 Å². The van der Waals surface area contributed by atoms with Crippen LogP contribution in [-0.2, 0) is 16.1 Å². The quantitative estimate of drug-likeness (QED) is 0.753. The van der Waals surface area contributed by atoms with E-state index < -0.39 is 5.54 Å². The van der Waals surface area contributed by atoms with E-state index in [1.807, 2.05) is 56.3 Å². The molecule has 0 radical (unpaired) electrons. The topological polar surface area (TPSA) is 38.3 Å². The van der Waals surface area contributed by atoms with E-state index in [0.717, 1.165) is 11.1 Å². The summed E-state index contributed by atoms with van der Waals surface area (Å²) < 4.78 is 5.71. The standard InChI is InChI=1S/C20H22ClNO2/c1-20(2,15-24-14-17-6-4-3-5-7-17)22-19(23)13-10-16-8-11-18(21)12-9-16/h3-13H,14-15H2,1-2H3,(H,22,23)/b13-10+. The van der Waals surface area contributed by atoms with Crippen LogP contribution in [0.1, 0.15) is 25.0 Å². The van der Waals surface area contributed by atoms with Crippen LogP contribution in [-0.4, -0.2) is 18.1 Å². The summed E-state index contributed by atoms with van der Waals surface area (Å²) in [6, 6.07) is 17.3. The molecule has 126 valence electrons. The molecule has 0 bridgehead atoms. The number of ether oxygens (including phenoxy) is 1. The Kier molecular flexibility index (Phi) is 6.59. The third-order valence-corrected chi connectivity index (χ3v) is 3.59. The molecule has 4 heteroatoms. The fourth-order valence-electron chi connectivity index (χ4n) is 2.16. The smallest absolute Gasteiger partial charge is 0.244 e. The Morgan fingerprint density at radius 2 is 1.79 bits per heavy atom. The van der Waals surface area contributed by atoms with Crippen LogP contribution >= 0.6 is 11.6 Å². The molecule has 0 aliphatic heterocycles. The molecule has 0 saturated heterocycles. The Morgan fingerprint density at radius 1 is 1.12 bits per heavy atom. The van der Waals surface area contributed by atoms with Crippen molar-refractivity contribution in [2.45, 2.75) is 26.0 Å². The van der Waals surface area contributed by atoms with Crippen molar-refractivity contribution >= 4 is 23.6 Å². The molecular formula is C20H22ClNO2. The lowest BCUT2D eigenvalue weighted by Crippen LogP contribution is -2.46. The summed E-state index contributed by atoms with van der Waals surface area (Å²) in [6.45, 7) is 4.83. The van der Waals surface area contributed by atoms with Gasteiger partial charge in [-0.2, -0.15) is 0 Å². The highest BCUT2D eigenvalue weighted by Crippen LogP contribution is 2.11. The van der Waals surface area contributed by atoms with E-state index in [1.165, 1.54) is 6.08 Å².